The van der Waals surface area contributed by atoms with E-state index in [4.69, 9.17) is 9.98 Å². The highest BCUT2D eigenvalue weighted by Crippen LogP contribution is 2.24. The van der Waals surface area contributed by atoms with Crippen molar-refractivity contribution in [1.82, 2.24) is 0 Å². The molecular weight excluding hydrogens is 641 g/mol. The summed E-state index contributed by atoms with van der Waals surface area (Å²) in [6.45, 7) is 13.5. The van der Waals surface area contributed by atoms with Crippen molar-refractivity contribution < 1.29 is 0 Å². The van der Waals surface area contributed by atoms with Gasteiger partial charge in [-0.15, -0.1) is 0 Å². The van der Waals surface area contributed by atoms with E-state index >= 15 is 0 Å². The Morgan fingerprint density at radius 3 is 1.19 bits per heavy atom. The Morgan fingerprint density at radius 1 is 0.415 bits per heavy atom. The van der Waals surface area contributed by atoms with Crippen LogP contribution in [0, 0.1) is 11.8 Å². The van der Waals surface area contributed by atoms with Gasteiger partial charge < -0.3 is 0 Å². The van der Waals surface area contributed by atoms with Crippen molar-refractivity contribution in [3.05, 3.63) is 58.7 Å². The highest BCUT2D eigenvalue weighted by atomic mass is 14.8. The van der Waals surface area contributed by atoms with Crippen molar-refractivity contribution >= 4 is 22.8 Å². The molecule has 2 aromatic rings. The van der Waals surface area contributed by atoms with Crippen molar-refractivity contribution in [3.63, 3.8) is 0 Å². The van der Waals surface area contributed by atoms with E-state index in [2.05, 4.69) is 89.8 Å². The topological polar surface area (TPSA) is 24.7 Å². The van der Waals surface area contributed by atoms with Crippen LogP contribution < -0.4 is 0 Å². The van der Waals surface area contributed by atoms with Crippen molar-refractivity contribution in [1.29, 1.82) is 0 Å². The van der Waals surface area contributed by atoms with Crippen molar-refractivity contribution in [2.24, 2.45) is 9.98 Å². The third-order valence-electron chi connectivity index (χ3n) is 11.1. The van der Waals surface area contributed by atoms with Crippen LogP contribution >= 0.6 is 0 Å². The number of aryl methyl sites for hydroxylation is 4. The third kappa shape index (κ3) is 21.1. The molecule has 53 heavy (non-hydrogen) atoms. The van der Waals surface area contributed by atoms with E-state index in [-0.39, 0.29) is 0 Å². The number of unbranched alkanes of at least 4 members (excludes halogenated alkanes) is 22. The molecule has 0 unspecified atom stereocenters. The zero-order chi connectivity index (χ0) is 38.2. The minimum Gasteiger partial charge on any atom is -0.251 e. The fourth-order valence-corrected chi connectivity index (χ4v) is 7.52. The number of aliphatic imine (C=N–C) groups is 2. The number of benzene rings is 2. The molecule has 0 atom stereocenters. The lowest BCUT2D eigenvalue weighted by atomic mass is 10.0. The van der Waals surface area contributed by atoms with Crippen LogP contribution in [0.3, 0.4) is 0 Å². The van der Waals surface area contributed by atoms with Crippen LogP contribution in [0.2, 0.25) is 0 Å². The Morgan fingerprint density at radius 2 is 0.792 bits per heavy atom. The fraction of sp³-hybridized carbons (Fsp3) is 0.686. The summed E-state index contributed by atoms with van der Waals surface area (Å²) in [5.41, 5.74) is 9.52. The maximum Gasteiger partial charge on any atom is 0.135 e. The first-order valence-corrected chi connectivity index (χ1v) is 23.0. The van der Waals surface area contributed by atoms with Crippen molar-refractivity contribution in [3.8, 4) is 11.8 Å². The van der Waals surface area contributed by atoms with Gasteiger partial charge in [-0.25, -0.2) is 4.99 Å². The first-order chi connectivity index (χ1) is 26.1. The fourth-order valence-electron chi connectivity index (χ4n) is 7.52. The van der Waals surface area contributed by atoms with Crippen LogP contribution in [-0.4, -0.2) is 11.4 Å². The largest absolute Gasteiger partial charge is 0.251 e. The summed E-state index contributed by atoms with van der Waals surface area (Å²) in [4.78, 5) is 10.5. The molecule has 2 aromatic carbocycles. The van der Waals surface area contributed by atoms with Gasteiger partial charge in [0.25, 0.3) is 0 Å². The van der Waals surface area contributed by atoms with E-state index in [1.807, 2.05) is 0 Å². The maximum atomic E-state index is 5.25. The molecule has 0 amide bonds. The smallest absolute Gasteiger partial charge is 0.135 e. The standard InChI is InChI=1S/C51H82N2/c1-7-13-15-16-17-18-19-20-21-22-23-24-25-26-27-28-29-30-31-32-33-34-35-37-51(53-49-41-39-45(10-4)47(12-6)43-49)50(36-14-8-2)52-48-40-38-44(9-3)46(11-5)42-48/h38-43H,7-34,36H2,1-6H3. The molecule has 0 bridgehead atoms. The van der Waals surface area contributed by atoms with Crippen LogP contribution in [-0.2, 0) is 25.7 Å². The second-order valence-electron chi connectivity index (χ2n) is 15.6. The highest BCUT2D eigenvalue weighted by molar-refractivity contribution is 6.49. The quantitative estimate of drug-likeness (QED) is 0.0420. The van der Waals surface area contributed by atoms with Gasteiger partial charge >= 0.3 is 0 Å². The Labute approximate surface area is 330 Å². The lowest BCUT2D eigenvalue weighted by Crippen LogP contribution is -2.12. The van der Waals surface area contributed by atoms with E-state index < -0.39 is 0 Å². The predicted octanol–water partition coefficient (Wildman–Crippen LogP) is 16.6. The summed E-state index contributed by atoms with van der Waals surface area (Å²) in [5, 5.41) is 0. The van der Waals surface area contributed by atoms with Crippen molar-refractivity contribution in [2.45, 2.75) is 228 Å². The molecule has 296 valence electrons. The van der Waals surface area contributed by atoms with Gasteiger partial charge in [0.1, 0.15) is 5.71 Å². The lowest BCUT2D eigenvalue weighted by molar-refractivity contribution is 0.520. The van der Waals surface area contributed by atoms with Gasteiger partial charge in [-0.2, -0.15) is 0 Å². The monoisotopic (exact) mass is 723 g/mol. The van der Waals surface area contributed by atoms with Crippen LogP contribution in [0.5, 0.6) is 0 Å². The maximum absolute atomic E-state index is 5.25. The zero-order valence-corrected chi connectivity index (χ0v) is 35.9. The van der Waals surface area contributed by atoms with E-state index in [9.17, 15) is 0 Å². The van der Waals surface area contributed by atoms with Gasteiger partial charge in [-0.05, 0) is 97.4 Å². The molecule has 2 heteroatoms. The van der Waals surface area contributed by atoms with Gasteiger partial charge in [0.05, 0.1) is 17.1 Å². The highest BCUT2D eigenvalue weighted by Gasteiger charge is 2.11. The van der Waals surface area contributed by atoms with E-state index in [1.165, 1.54) is 157 Å². The van der Waals surface area contributed by atoms with Gasteiger partial charge in [-0.1, -0.05) is 194 Å². The number of nitrogens with zero attached hydrogens (tertiary/aromatic N) is 2. The summed E-state index contributed by atoms with van der Waals surface area (Å²) < 4.78 is 0. The van der Waals surface area contributed by atoms with Crippen LogP contribution in [0.4, 0.5) is 11.4 Å². The molecule has 0 saturated carbocycles. The summed E-state index contributed by atoms with van der Waals surface area (Å²) >= 11 is 0. The van der Waals surface area contributed by atoms with E-state index in [1.54, 1.807) is 0 Å². The van der Waals surface area contributed by atoms with Gasteiger partial charge in [0.15, 0.2) is 0 Å². The van der Waals surface area contributed by atoms with E-state index in [0.29, 0.717) is 0 Å². The zero-order valence-electron chi connectivity index (χ0n) is 35.9. The minimum absolute atomic E-state index is 0.853. The number of rotatable bonds is 31. The number of hydrogen-bond donors (Lipinski definition) is 0. The minimum atomic E-state index is 0.853. The van der Waals surface area contributed by atoms with Crippen LogP contribution in [0.25, 0.3) is 0 Å². The Balaban J connectivity index is 1.81. The Bertz CT molecular complexity index is 1340. The second kappa shape index (κ2) is 31.7. The summed E-state index contributed by atoms with van der Waals surface area (Å²) in [6.07, 6.45) is 37.9. The second-order valence-corrected chi connectivity index (χ2v) is 15.6. The first kappa shape index (κ1) is 46.5. The molecule has 0 aliphatic rings. The molecule has 0 fully saturated rings. The van der Waals surface area contributed by atoms with Crippen LogP contribution in [0.1, 0.15) is 224 Å². The predicted molar refractivity (Wildman–Crippen MR) is 239 cm³/mol. The average molecular weight is 723 g/mol. The molecule has 0 aromatic heterocycles. The first-order valence-electron chi connectivity index (χ1n) is 23.0. The molecular formula is C51H82N2. The Hall–Kier alpha value is -2.66. The molecule has 0 aliphatic heterocycles. The van der Waals surface area contributed by atoms with Crippen LogP contribution in [0.15, 0.2) is 46.4 Å². The SMILES string of the molecule is CCCCCCCCCCCCCCCCCCCCCCCC#CC(=Nc1ccc(CC)c(CC)c1)C(CCCC)=Nc1ccc(CC)c(CC)c1. The molecule has 0 spiro atoms. The number of hydrogen-bond acceptors (Lipinski definition) is 2. The molecule has 2 rings (SSSR count). The third-order valence-corrected chi connectivity index (χ3v) is 11.1. The van der Waals surface area contributed by atoms with Crippen molar-refractivity contribution in [2.75, 3.05) is 0 Å². The average Bonchev–Trinajstić information content (AvgIpc) is 3.19. The molecule has 0 radical (unpaired) electrons. The molecule has 0 heterocycles. The van der Waals surface area contributed by atoms with Gasteiger partial charge in [0, 0.05) is 6.42 Å². The normalized spacial score (nSPS) is 12.0. The molecule has 0 aliphatic carbocycles. The summed E-state index contributed by atoms with van der Waals surface area (Å²) in [5.74, 6) is 7.09. The lowest BCUT2D eigenvalue weighted by Gasteiger charge is -2.10. The Kier molecular flexibility index (Phi) is 27.8. The molecule has 2 nitrogen and oxygen atoms in total. The molecule has 0 N–H and O–H groups in total. The summed E-state index contributed by atoms with van der Waals surface area (Å²) in [7, 11) is 0. The van der Waals surface area contributed by atoms with E-state index in [0.717, 1.165) is 74.2 Å². The van der Waals surface area contributed by atoms with Gasteiger partial charge in [0.2, 0.25) is 0 Å². The van der Waals surface area contributed by atoms with Gasteiger partial charge in [-0.3, -0.25) is 4.99 Å². The summed E-state index contributed by atoms with van der Waals surface area (Å²) in [6, 6.07) is 13.4. The molecule has 0 saturated heterocycles.